The van der Waals surface area contributed by atoms with Crippen LogP contribution in [0.1, 0.15) is 60.3 Å². The molecule has 0 bridgehead atoms. The van der Waals surface area contributed by atoms with Gasteiger partial charge in [-0.3, -0.25) is 4.21 Å². The first-order chi connectivity index (χ1) is 8.99. The summed E-state index contributed by atoms with van der Waals surface area (Å²) in [6, 6.07) is 0.462. The molecule has 3 heteroatoms. The molecule has 2 nitrogen and oxygen atoms in total. The molecule has 6 unspecified atom stereocenters. The Kier molecular flexibility index (Phi) is 7.60. The van der Waals surface area contributed by atoms with Gasteiger partial charge in [0.05, 0.1) is 5.25 Å². The predicted octanol–water partition coefficient (Wildman–Crippen LogP) is 3.58. The Morgan fingerprint density at radius 1 is 1.26 bits per heavy atom. The normalized spacial score (nSPS) is 35.0. The second-order valence-electron chi connectivity index (χ2n) is 6.64. The van der Waals surface area contributed by atoms with Gasteiger partial charge in [-0.2, -0.15) is 0 Å². The average molecular weight is 288 g/mol. The van der Waals surface area contributed by atoms with Crippen molar-refractivity contribution in [1.82, 2.24) is 5.32 Å². The van der Waals surface area contributed by atoms with E-state index >= 15 is 0 Å². The van der Waals surface area contributed by atoms with Gasteiger partial charge in [-0.05, 0) is 43.6 Å². The summed E-state index contributed by atoms with van der Waals surface area (Å²) in [4.78, 5) is 0. The molecular weight excluding hydrogens is 254 g/mol. The summed E-state index contributed by atoms with van der Waals surface area (Å²) in [5.74, 6) is 2.81. The first kappa shape index (κ1) is 17.2. The van der Waals surface area contributed by atoms with Gasteiger partial charge in [0, 0.05) is 22.6 Å². The van der Waals surface area contributed by atoms with Gasteiger partial charge in [-0.15, -0.1) is 0 Å². The van der Waals surface area contributed by atoms with Crippen molar-refractivity contribution in [2.75, 3.05) is 12.3 Å². The molecule has 0 heterocycles. The first-order valence-corrected chi connectivity index (χ1v) is 9.48. The molecule has 0 amide bonds. The molecule has 19 heavy (non-hydrogen) atoms. The summed E-state index contributed by atoms with van der Waals surface area (Å²) in [7, 11) is -0.678. The lowest BCUT2D eigenvalue weighted by Crippen LogP contribution is -2.51. The van der Waals surface area contributed by atoms with Crippen LogP contribution in [-0.4, -0.2) is 27.8 Å². The zero-order valence-corrected chi connectivity index (χ0v) is 14.3. The summed E-state index contributed by atoms with van der Waals surface area (Å²) in [5, 5.41) is 4.02. The lowest BCUT2D eigenvalue weighted by atomic mass is 9.80. The summed E-state index contributed by atoms with van der Waals surface area (Å²) >= 11 is 0. The van der Waals surface area contributed by atoms with Gasteiger partial charge >= 0.3 is 0 Å². The lowest BCUT2D eigenvalue weighted by molar-refractivity contribution is 0.245. The monoisotopic (exact) mass is 287 g/mol. The number of hydrogen-bond donors (Lipinski definition) is 1. The molecule has 6 atom stereocenters. The SMILES string of the molecule is CCCNC1CC(C)CC(C)C1S(=O)CC(C)CC. The quantitative estimate of drug-likeness (QED) is 0.775. The van der Waals surface area contributed by atoms with Gasteiger partial charge in [0.2, 0.25) is 0 Å². The maximum absolute atomic E-state index is 12.7. The summed E-state index contributed by atoms with van der Waals surface area (Å²) in [6.45, 7) is 12.3. The van der Waals surface area contributed by atoms with Crippen molar-refractivity contribution in [2.24, 2.45) is 17.8 Å². The van der Waals surface area contributed by atoms with Crippen molar-refractivity contribution < 1.29 is 4.21 Å². The Morgan fingerprint density at radius 2 is 1.95 bits per heavy atom. The van der Waals surface area contributed by atoms with E-state index in [-0.39, 0.29) is 0 Å². The zero-order valence-electron chi connectivity index (χ0n) is 13.4. The highest BCUT2D eigenvalue weighted by Crippen LogP contribution is 2.33. The Morgan fingerprint density at radius 3 is 2.53 bits per heavy atom. The van der Waals surface area contributed by atoms with E-state index in [0.29, 0.717) is 23.1 Å². The van der Waals surface area contributed by atoms with Crippen LogP contribution in [0.4, 0.5) is 0 Å². The molecule has 1 fully saturated rings. The van der Waals surface area contributed by atoms with E-state index < -0.39 is 10.8 Å². The van der Waals surface area contributed by atoms with E-state index in [4.69, 9.17) is 0 Å². The fourth-order valence-corrected chi connectivity index (χ4v) is 5.53. The van der Waals surface area contributed by atoms with Crippen LogP contribution in [0.2, 0.25) is 0 Å². The largest absolute Gasteiger partial charge is 0.313 e. The van der Waals surface area contributed by atoms with Crippen LogP contribution in [0.25, 0.3) is 0 Å². The van der Waals surface area contributed by atoms with Gasteiger partial charge in [0.1, 0.15) is 0 Å². The van der Waals surface area contributed by atoms with Crippen molar-refractivity contribution in [3.63, 3.8) is 0 Å². The fourth-order valence-electron chi connectivity index (χ4n) is 3.31. The van der Waals surface area contributed by atoms with Gasteiger partial charge in [-0.1, -0.05) is 41.0 Å². The van der Waals surface area contributed by atoms with Gasteiger partial charge in [-0.25, -0.2) is 0 Å². The maximum atomic E-state index is 12.7. The minimum Gasteiger partial charge on any atom is -0.313 e. The van der Waals surface area contributed by atoms with Crippen LogP contribution in [0.5, 0.6) is 0 Å². The highest BCUT2D eigenvalue weighted by Gasteiger charge is 2.37. The molecule has 0 radical (unpaired) electrons. The Labute approximate surface area is 122 Å². The number of nitrogens with one attached hydrogen (secondary N) is 1. The Bertz CT molecular complexity index is 282. The molecule has 1 aliphatic rings. The highest BCUT2D eigenvalue weighted by atomic mass is 32.2. The molecule has 1 saturated carbocycles. The van der Waals surface area contributed by atoms with E-state index in [1.165, 1.54) is 12.8 Å². The smallest absolute Gasteiger partial charge is 0.0527 e. The molecule has 114 valence electrons. The molecule has 0 aromatic heterocycles. The van der Waals surface area contributed by atoms with E-state index in [0.717, 1.165) is 31.1 Å². The van der Waals surface area contributed by atoms with Crippen LogP contribution in [0.15, 0.2) is 0 Å². The number of hydrogen-bond acceptors (Lipinski definition) is 2. The molecule has 0 aromatic carbocycles. The van der Waals surface area contributed by atoms with E-state index in [2.05, 4.69) is 39.9 Å². The second kappa shape index (κ2) is 8.41. The van der Waals surface area contributed by atoms with Gasteiger partial charge in [0.15, 0.2) is 0 Å². The standard InChI is InChI=1S/C16H33NOS/c1-6-8-17-15-10-13(4)9-14(5)16(15)19(18)11-12(3)7-2/h12-17H,6-11H2,1-5H3. The van der Waals surface area contributed by atoms with Crippen LogP contribution < -0.4 is 5.32 Å². The minimum absolute atomic E-state index is 0.358. The summed E-state index contributed by atoms with van der Waals surface area (Å²) < 4.78 is 12.7. The Balaban J connectivity index is 2.69. The van der Waals surface area contributed by atoms with Crippen LogP contribution in [0.3, 0.4) is 0 Å². The Hall–Kier alpha value is 0.110. The molecule has 0 saturated heterocycles. The van der Waals surface area contributed by atoms with Crippen molar-refractivity contribution in [3.8, 4) is 0 Å². The molecule has 0 spiro atoms. The van der Waals surface area contributed by atoms with E-state index in [1.807, 2.05) is 0 Å². The van der Waals surface area contributed by atoms with Gasteiger partial charge < -0.3 is 5.32 Å². The number of rotatable bonds is 7. The van der Waals surface area contributed by atoms with Crippen molar-refractivity contribution in [2.45, 2.75) is 71.6 Å². The first-order valence-electron chi connectivity index (χ1n) is 8.10. The third-order valence-electron chi connectivity index (χ3n) is 4.49. The van der Waals surface area contributed by atoms with Gasteiger partial charge in [0.25, 0.3) is 0 Å². The van der Waals surface area contributed by atoms with E-state index in [9.17, 15) is 4.21 Å². The topological polar surface area (TPSA) is 29.1 Å². The molecule has 1 aliphatic carbocycles. The third kappa shape index (κ3) is 5.18. The van der Waals surface area contributed by atoms with E-state index in [1.54, 1.807) is 0 Å². The van der Waals surface area contributed by atoms with Crippen LogP contribution >= 0.6 is 0 Å². The maximum Gasteiger partial charge on any atom is 0.0527 e. The molecule has 0 aliphatic heterocycles. The molecule has 1 N–H and O–H groups in total. The molecule has 0 aromatic rings. The molecule has 1 rings (SSSR count). The fraction of sp³-hybridized carbons (Fsp3) is 1.00. The van der Waals surface area contributed by atoms with Crippen LogP contribution in [0, 0.1) is 17.8 Å². The van der Waals surface area contributed by atoms with Crippen molar-refractivity contribution in [3.05, 3.63) is 0 Å². The predicted molar refractivity (Wildman–Crippen MR) is 85.9 cm³/mol. The van der Waals surface area contributed by atoms with Crippen LogP contribution in [-0.2, 0) is 10.8 Å². The van der Waals surface area contributed by atoms with Crippen molar-refractivity contribution in [1.29, 1.82) is 0 Å². The highest BCUT2D eigenvalue weighted by molar-refractivity contribution is 7.85. The second-order valence-corrected chi connectivity index (χ2v) is 8.28. The lowest BCUT2D eigenvalue weighted by Gasteiger charge is -2.40. The molecular formula is C16H33NOS. The summed E-state index contributed by atoms with van der Waals surface area (Å²) in [5.41, 5.74) is 0. The van der Waals surface area contributed by atoms with Crippen molar-refractivity contribution >= 4 is 10.8 Å². The average Bonchev–Trinajstić information content (AvgIpc) is 2.34. The summed E-state index contributed by atoms with van der Waals surface area (Å²) in [6.07, 6.45) is 4.72. The third-order valence-corrected chi connectivity index (χ3v) is 6.79. The zero-order chi connectivity index (χ0) is 14.4. The minimum atomic E-state index is -0.678.